The van der Waals surface area contributed by atoms with Crippen LogP contribution in [-0.2, 0) is 16.0 Å². The topological polar surface area (TPSA) is 60.1 Å². The summed E-state index contributed by atoms with van der Waals surface area (Å²) in [6.45, 7) is 2.75. The van der Waals surface area contributed by atoms with Gasteiger partial charge in [0.05, 0.1) is 17.3 Å². The van der Waals surface area contributed by atoms with Crippen molar-refractivity contribution in [3.05, 3.63) is 41.6 Å². The van der Waals surface area contributed by atoms with E-state index < -0.39 is 6.29 Å². The first kappa shape index (κ1) is 14.3. The molecule has 0 N–H and O–H groups in total. The van der Waals surface area contributed by atoms with Gasteiger partial charge < -0.3 is 9.47 Å². The van der Waals surface area contributed by atoms with Crippen LogP contribution >= 0.6 is 0 Å². The van der Waals surface area contributed by atoms with Gasteiger partial charge in [0.15, 0.2) is 0 Å². The maximum absolute atomic E-state index is 8.99. The van der Waals surface area contributed by atoms with E-state index in [9.17, 15) is 0 Å². The van der Waals surface area contributed by atoms with Crippen molar-refractivity contribution in [2.45, 2.75) is 19.8 Å². The van der Waals surface area contributed by atoms with Crippen molar-refractivity contribution in [1.29, 1.82) is 5.26 Å². The molecular formula is C15H17N3O2. The Kier molecular flexibility index (Phi) is 4.51. The van der Waals surface area contributed by atoms with Gasteiger partial charge in [0, 0.05) is 26.3 Å². The van der Waals surface area contributed by atoms with Crippen LogP contribution in [0, 0.1) is 11.3 Å². The van der Waals surface area contributed by atoms with Gasteiger partial charge in [-0.05, 0) is 25.1 Å². The molecule has 0 bridgehead atoms. The Morgan fingerprint density at radius 2 is 2.05 bits per heavy atom. The molecule has 104 valence electrons. The minimum atomic E-state index is -0.485. The fraction of sp³-hybridized carbons (Fsp3) is 0.333. The Balaban J connectivity index is 2.47. The van der Waals surface area contributed by atoms with Crippen LogP contribution in [0.5, 0.6) is 0 Å². The Morgan fingerprint density at radius 3 is 2.65 bits per heavy atom. The van der Waals surface area contributed by atoms with E-state index in [2.05, 4.69) is 11.2 Å². The number of aryl methyl sites for hydroxylation is 1. The molecule has 0 spiro atoms. The van der Waals surface area contributed by atoms with Crippen LogP contribution in [0.4, 0.5) is 0 Å². The maximum atomic E-state index is 8.99. The SMILES string of the molecule is CCn1nc(C(OC)OC)cc1-c1cccc(C#N)c1. The van der Waals surface area contributed by atoms with Crippen molar-refractivity contribution < 1.29 is 9.47 Å². The second-order valence-electron chi connectivity index (χ2n) is 4.27. The molecule has 0 amide bonds. The van der Waals surface area contributed by atoms with Crippen molar-refractivity contribution in [3.63, 3.8) is 0 Å². The molecule has 1 aromatic carbocycles. The minimum Gasteiger partial charge on any atom is -0.350 e. The fourth-order valence-corrected chi connectivity index (χ4v) is 2.11. The number of hydrogen-bond acceptors (Lipinski definition) is 4. The van der Waals surface area contributed by atoms with E-state index in [-0.39, 0.29) is 0 Å². The third kappa shape index (κ3) is 2.72. The largest absolute Gasteiger partial charge is 0.350 e. The number of aromatic nitrogens is 2. The van der Waals surface area contributed by atoms with Crippen molar-refractivity contribution in [2.24, 2.45) is 0 Å². The van der Waals surface area contributed by atoms with Crippen molar-refractivity contribution in [2.75, 3.05) is 14.2 Å². The Labute approximate surface area is 118 Å². The van der Waals surface area contributed by atoms with Crippen LogP contribution in [0.3, 0.4) is 0 Å². The molecule has 2 aromatic rings. The van der Waals surface area contributed by atoms with E-state index in [0.717, 1.165) is 17.8 Å². The highest BCUT2D eigenvalue weighted by atomic mass is 16.7. The van der Waals surface area contributed by atoms with E-state index in [1.54, 1.807) is 20.3 Å². The molecule has 0 aliphatic carbocycles. The third-order valence-corrected chi connectivity index (χ3v) is 3.06. The summed E-state index contributed by atoms with van der Waals surface area (Å²) in [5.74, 6) is 0. The lowest BCUT2D eigenvalue weighted by Gasteiger charge is -2.09. The monoisotopic (exact) mass is 271 g/mol. The van der Waals surface area contributed by atoms with Gasteiger partial charge in [-0.25, -0.2) is 0 Å². The minimum absolute atomic E-state index is 0.485. The van der Waals surface area contributed by atoms with Crippen LogP contribution < -0.4 is 0 Å². The average molecular weight is 271 g/mol. The molecule has 5 heteroatoms. The smallest absolute Gasteiger partial charge is 0.202 e. The van der Waals surface area contributed by atoms with Gasteiger partial charge in [-0.2, -0.15) is 10.4 Å². The summed E-state index contributed by atoms with van der Waals surface area (Å²) in [5.41, 5.74) is 3.24. The number of nitriles is 1. The zero-order valence-electron chi connectivity index (χ0n) is 11.8. The summed E-state index contributed by atoms with van der Waals surface area (Å²) in [4.78, 5) is 0. The molecular weight excluding hydrogens is 254 g/mol. The van der Waals surface area contributed by atoms with E-state index in [1.165, 1.54) is 0 Å². The number of benzene rings is 1. The summed E-state index contributed by atoms with van der Waals surface area (Å²) in [7, 11) is 3.16. The van der Waals surface area contributed by atoms with Gasteiger partial charge in [-0.3, -0.25) is 4.68 Å². The molecule has 5 nitrogen and oxygen atoms in total. The Bertz CT molecular complexity index is 624. The summed E-state index contributed by atoms with van der Waals surface area (Å²) < 4.78 is 12.3. The second-order valence-corrected chi connectivity index (χ2v) is 4.27. The molecule has 2 rings (SSSR count). The third-order valence-electron chi connectivity index (χ3n) is 3.06. The van der Waals surface area contributed by atoms with Gasteiger partial charge in [0.1, 0.15) is 5.69 Å². The Morgan fingerprint density at radius 1 is 1.30 bits per heavy atom. The lowest BCUT2D eigenvalue weighted by Crippen LogP contribution is -2.06. The quantitative estimate of drug-likeness (QED) is 0.784. The summed E-state index contributed by atoms with van der Waals surface area (Å²) >= 11 is 0. The Hall–Kier alpha value is -2.16. The van der Waals surface area contributed by atoms with Crippen LogP contribution in [0.15, 0.2) is 30.3 Å². The van der Waals surface area contributed by atoms with Crippen LogP contribution in [0.25, 0.3) is 11.3 Å². The number of rotatable bonds is 5. The second kappa shape index (κ2) is 6.33. The van der Waals surface area contributed by atoms with E-state index in [4.69, 9.17) is 14.7 Å². The number of nitrogens with zero attached hydrogens (tertiary/aromatic N) is 3. The highest BCUT2D eigenvalue weighted by molar-refractivity contribution is 5.62. The number of methoxy groups -OCH3 is 2. The molecule has 0 saturated carbocycles. The molecule has 0 unspecified atom stereocenters. The molecule has 1 heterocycles. The normalized spacial score (nSPS) is 10.8. The molecule has 0 saturated heterocycles. The zero-order chi connectivity index (χ0) is 14.5. The van der Waals surface area contributed by atoms with Crippen LogP contribution in [0.2, 0.25) is 0 Å². The molecule has 0 radical (unpaired) electrons. The van der Waals surface area contributed by atoms with Gasteiger partial charge >= 0.3 is 0 Å². The van der Waals surface area contributed by atoms with Crippen LogP contribution in [0.1, 0.15) is 24.5 Å². The van der Waals surface area contributed by atoms with E-state index in [0.29, 0.717) is 11.3 Å². The zero-order valence-corrected chi connectivity index (χ0v) is 11.8. The molecule has 1 aromatic heterocycles. The van der Waals surface area contributed by atoms with Crippen LogP contribution in [-0.4, -0.2) is 24.0 Å². The molecule has 0 aliphatic heterocycles. The number of hydrogen-bond donors (Lipinski definition) is 0. The molecule has 0 fully saturated rings. The first-order valence-electron chi connectivity index (χ1n) is 6.37. The number of ether oxygens (including phenoxy) is 2. The molecule has 0 atom stereocenters. The average Bonchev–Trinajstić information content (AvgIpc) is 2.93. The van der Waals surface area contributed by atoms with Crippen molar-refractivity contribution in [3.8, 4) is 17.3 Å². The summed E-state index contributed by atoms with van der Waals surface area (Å²) in [5, 5.41) is 13.5. The molecule has 20 heavy (non-hydrogen) atoms. The van der Waals surface area contributed by atoms with Gasteiger partial charge in [-0.1, -0.05) is 12.1 Å². The van der Waals surface area contributed by atoms with E-state index >= 15 is 0 Å². The van der Waals surface area contributed by atoms with Crippen molar-refractivity contribution in [1.82, 2.24) is 9.78 Å². The predicted molar refractivity (Wildman–Crippen MR) is 74.8 cm³/mol. The maximum Gasteiger partial charge on any atom is 0.202 e. The fourth-order valence-electron chi connectivity index (χ4n) is 2.11. The standard InChI is InChI=1S/C15H17N3O2/c1-4-18-14(9-13(17-18)15(19-2)20-3)12-7-5-6-11(8-12)10-16/h5-9,15H,4H2,1-3H3. The first-order chi connectivity index (χ1) is 9.73. The highest BCUT2D eigenvalue weighted by Crippen LogP contribution is 2.25. The highest BCUT2D eigenvalue weighted by Gasteiger charge is 2.17. The van der Waals surface area contributed by atoms with E-state index in [1.807, 2.05) is 35.9 Å². The lowest BCUT2D eigenvalue weighted by atomic mass is 10.1. The first-order valence-corrected chi connectivity index (χ1v) is 6.37. The van der Waals surface area contributed by atoms with Gasteiger partial charge in [0.2, 0.25) is 6.29 Å². The summed E-state index contributed by atoms with van der Waals surface area (Å²) in [6.07, 6.45) is -0.485. The lowest BCUT2D eigenvalue weighted by molar-refractivity contribution is -0.108. The van der Waals surface area contributed by atoms with Gasteiger partial charge in [0.25, 0.3) is 0 Å². The predicted octanol–water partition coefficient (Wildman–Crippen LogP) is 2.73. The molecule has 0 aliphatic rings. The summed E-state index contributed by atoms with van der Waals surface area (Å²) in [6, 6.07) is 11.5. The van der Waals surface area contributed by atoms with Crippen molar-refractivity contribution >= 4 is 0 Å². The van der Waals surface area contributed by atoms with Gasteiger partial charge in [-0.15, -0.1) is 0 Å².